The van der Waals surface area contributed by atoms with Crippen LogP contribution < -0.4 is 5.32 Å². The number of aromatic nitrogens is 2. The van der Waals surface area contributed by atoms with Crippen LogP contribution in [0.2, 0.25) is 0 Å². The van der Waals surface area contributed by atoms with Crippen LogP contribution in [0.5, 0.6) is 0 Å². The van der Waals surface area contributed by atoms with Crippen molar-refractivity contribution in [1.29, 1.82) is 0 Å². The third-order valence-electron chi connectivity index (χ3n) is 4.52. The minimum Gasteiger partial charge on any atom is -0.388 e. The van der Waals surface area contributed by atoms with Crippen molar-refractivity contribution >= 4 is 49.3 Å². The highest BCUT2D eigenvalue weighted by Gasteiger charge is 2.31. The predicted molar refractivity (Wildman–Crippen MR) is 117 cm³/mol. The van der Waals surface area contributed by atoms with Crippen LogP contribution in [0, 0.1) is 5.13 Å². The predicted octanol–water partition coefficient (Wildman–Crippen LogP) is 2.86. The molecule has 4 rings (SSSR count). The van der Waals surface area contributed by atoms with Crippen molar-refractivity contribution in [3.8, 4) is 0 Å². The normalized spacial score (nSPS) is 16.8. The van der Waals surface area contributed by atoms with Gasteiger partial charge in [0.1, 0.15) is 5.01 Å². The Hall–Kier alpha value is -2.74. The van der Waals surface area contributed by atoms with Gasteiger partial charge in [-0.25, -0.2) is 18.4 Å². The lowest BCUT2D eigenvalue weighted by molar-refractivity contribution is -0.110. The van der Waals surface area contributed by atoms with Gasteiger partial charge in [-0.3, -0.25) is 10.1 Å². The third kappa shape index (κ3) is 5.18. The number of oxime groups is 1. The maximum atomic E-state index is 13.2. The van der Waals surface area contributed by atoms with E-state index in [0.29, 0.717) is 34.9 Å². The van der Waals surface area contributed by atoms with Crippen LogP contribution in [0.25, 0.3) is 0 Å². The molecule has 1 aliphatic heterocycles. The van der Waals surface area contributed by atoms with Gasteiger partial charge in [0, 0.05) is 23.7 Å². The SMILES string of the molecule is O=C(Nc1ncc(F)s1)/C(=N/OCc1nccs1)c1ccc(S(=O)(=O)[C@H]2CCOC2)cc1. The van der Waals surface area contributed by atoms with Gasteiger partial charge in [-0.1, -0.05) is 28.6 Å². The molecule has 1 aromatic carbocycles. The molecule has 1 aliphatic rings. The summed E-state index contributed by atoms with van der Waals surface area (Å²) in [7, 11) is -3.55. The number of benzene rings is 1. The average molecular weight is 497 g/mol. The average Bonchev–Trinajstić information content (AvgIpc) is 3.55. The van der Waals surface area contributed by atoms with E-state index in [0.717, 1.165) is 6.20 Å². The molecule has 9 nitrogen and oxygen atoms in total. The first kappa shape index (κ1) is 22.5. The summed E-state index contributed by atoms with van der Waals surface area (Å²) in [6, 6.07) is 5.76. The van der Waals surface area contributed by atoms with Gasteiger partial charge in [-0.2, -0.15) is 4.39 Å². The summed E-state index contributed by atoms with van der Waals surface area (Å²) < 4.78 is 43.9. The van der Waals surface area contributed by atoms with Crippen molar-refractivity contribution in [2.24, 2.45) is 5.16 Å². The molecular weight excluding hydrogens is 479 g/mol. The molecule has 0 bridgehead atoms. The monoisotopic (exact) mass is 496 g/mol. The number of sulfone groups is 1. The van der Waals surface area contributed by atoms with E-state index in [9.17, 15) is 17.6 Å². The van der Waals surface area contributed by atoms with Crippen LogP contribution in [0.1, 0.15) is 17.0 Å². The van der Waals surface area contributed by atoms with E-state index in [1.54, 1.807) is 11.6 Å². The third-order valence-corrected chi connectivity index (χ3v) is 8.16. The van der Waals surface area contributed by atoms with Gasteiger partial charge in [0.15, 0.2) is 32.4 Å². The van der Waals surface area contributed by atoms with Gasteiger partial charge in [-0.15, -0.1) is 11.3 Å². The van der Waals surface area contributed by atoms with Crippen LogP contribution in [-0.2, 0) is 30.8 Å². The summed E-state index contributed by atoms with van der Waals surface area (Å²) >= 11 is 2.03. The molecule has 3 heterocycles. The number of ether oxygens (including phenoxy) is 1. The zero-order valence-corrected chi connectivity index (χ0v) is 18.9. The van der Waals surface area contributed by atoms with Gasteiger partial charge in [-0.05, 0) is 18.6 Å². The molecule has 0 spiro atoms. The van der Waals surface area contributed by atoms with E-state index < -0.39 is 26.1 Å². The lowest BCUT2D eigenvalue weighted by Crippen LogP contribution is -2.25. The maximum Gasteiger partial charge on any atom is 0.280 e. The number of nitrogens with one attached hydrogen (secondary N) is 1. The largest absolute Gasteiger partial charge is 0.388 e. The standard InChI is InChI=1S/C19H17FN4O5S3/c20-15-9-22-19(31-15)23-18(25)17(24-29-11-16-21-6-8-30-16)12-1-3-13(4-2-12)32(26,27)14-5-7-28-10-14/h1-4,6,8-9,14H,5,7,10-11H2,(H,22,23,25)/b24-17+/t14-/m0/s1. The number of rotatable bonds is 8. The number of carbonyl (C=O) groups excluding carboxylic acids is 1. The smallest absolute Gasteiger partial charge is 0.280 e. The van der Waals surface area contributed by atoms with Crippen LogP contribution in [0.15, 0.2) is 52.1 Å². The Balaban J connectivity index is 1.57. The van der Waals surface area contributed by atoms with Crippen molar-refractivity contribution in [2.75, 3.05) is 18.5 Å². The minimum atomic E-state index is -3.55. The lowest BCUT2D eigenvalue weighted by atomic mass is 10.1. The highest BCUT2D eigenvalue weighted by atomic mass is 32.2. The number of thiazole rings is 2. The highest BCUT2D eigenvalue weighted by molar-refractivity contribution is 7.92. The van der Waals surface area contributed by atoms with Gasteiger partial charge < -0.3 is 9.57 Å². The molecule has 2 aromatic heterocycles. The molecule has 3 aromatic rings. The number of hydrogen-bond acceptors (Lipinski definition) is 10. The summed E-state index contributed by atoms with van der Waals surface area (Å²) in [5.41, 5.74) is 0.200. The van der Waals surface area contributed by atoms with Crippen LogP contribution in [0.4, 0.5) is 9.52 Å². The lowest BCUT2D eigenvalue weighted by Gasteiger charge is -2.11. The zero-order valence-electron chi connectivity index (χ0n) is 16.4. The molecule has 32 heavy (non-hydrogen) atoms. The molecule has 0 radical (unpaired) electrons. The fourth-order valence-electron chi connectivity index (χ4n) is 2.92. The molecule has 1 atom stereocenters. The Bertz CT molecular complexity index is 1200. The van der Waals surface area contributed by atoms with Crippen molar-refractivity contribution < 1.29 is 27.2 Å². The number of hydrogen-bond donors (Lipinski definition) is 1. The van der Waals surface area contributed by atoms with E-state index in [2.05, 4.69) is 20.4 Å². The number of halogens is 1. The molecule has 1 N–H and O–H groups in total. The quantitative estimate of drug-likeness (QED) is 0.376. The molecule has 13 heteroatoms. The second-order valence-corrected chi connectivity index (χ2v) is 10.8. The summed E-state index contributed by atoms with van der Waals surface area (Å²) in [5, 5.41) is 7.75. The van der Waals surface area contributed by atoms with Crippen molar-refractivity contribution in [1.82, 2.24) is 9.97 Å². The molecule has 0 aliphatic carbocycles. The van der Waals surface area contributed by atoms with Crippen LogP contribution >= 0.6 is 22.7 Å². The topological polar surface area (TPSA) is 120 Å². The Kier molecular flexibility index (Phi) is 6.89. The molecular formula is C19H17FN4O5S3. The summed E-state index contributed by atoms with van der Waals surface area (Å²) in [4.78, 5) is 26.0. The van der Waals surface area contributed by atoms with Crippen LogP contribution in [-0.4, -0.2) is 48.5 Å². The van der Waals surface area contributed by atoms with E-state index in [1.807, 2.05) is 0 Å². The number of carbonyl (C=O) groups is 1. The number of anilines is 1. The Morgan fingerprint density at radius 3 is 2.75 bits per heavy atom. The van der Waals surface area contributed by atoms with Crippen LogP contribution in [0.3, 0.4) is 0 Å². The number of nitrogens with zero attached hydrogens (tertiary/aromatic N) is 3. The van der Waals surface area contributed by atoms with Gasteiger partial charge >= 0.3 is 0 Å². The Morgan fingerprint density at radius 1 is 1.31 bits per heavy atom. The fraction of sp³-hybridized carbons (Fsp3) is 0.263. The molecule has 1 fully saturated rings. The summed E-state index contributed by atoms with van der Waals surface area (Å²) in [5.74, 6) is -0.682. The van der Waals surface area contributed by atoms with E-state index in [-0.39, 0.29) is 29.0 Å². The van der Waals surface area contributed by atoms with Gasteiger partial charge in [0.05, 0.1) is 22.9 Å². The molecule has 168 valence electrons. The second-order valence-electron chi connectivity index (χ2n) is 6.62. The number of amides is 1. The van der Waals surface area contributed by atoms with Gasteiger partial charge in [0.2, 0.25) is 0 Å². The first-order valence-corrected chi connectivity index (χ1v) is 12.6. The second kappa shape index (κ2) is 9.81. The minimum absolute atomic E-state index is 0.0501. The maximum absolute atomic E-state index is 13.2. The van der Waals surface area contributed by atoms with Crippen molar-refractivity contribution in [2.45, 2.75) is 23.2 Å². The zero-order chi connectivity index (χ0) is 22.6. The van der Waals surface area contributed by atoms with E-state index in [4.69, 9.17) is 9.57 Å². The molecule has 0 unspecified atom stereocenters. The van der Waals surface area contributed by atoms with E-state index in [1.165, 1.54) is 35.6 Å². The Morgan fingerprint density at radius 2 is 2.12 bits per heavy atom. The Labute approximate surface area is 190 Å². The van der Waals surface area contributed by atoms with Gasteiger partial charge in [0.25, 0.3) is 5.91 Å². The molecule has 1 amide bonds. The first-order chi connectivity index (χ1) is 15.4. The fourth-order valence-corrected chi connectivity index (χ4v) is 5.57. The van der Waals surface area contributed by atoms with E-state index >= 15 is 0 Å². The summed E-state index contributed by atoms with van der Waals surface area (Å²) in [6.07, 6.45) is 3.04. The van der Waals surface area contributed by atoms with Crippen molar-refractivity contribution in [3.05, 3.63) is 57.7 Å². The first-order valence-electron chi connectivity index (χ1n) is 9.36. The molecule has 1 saturated heterocycles. The van der Waals surface area contributed by atoms with Crippen molar-refractivity contribution in [3.63, 3.8) is 0 Å². The summed E-state index contributed by atoms with van der Waals surface area (Å²) in [6.45, 7) is 0.620. The molecule has 0 saturated carbocycles. The highest BCUT2D eigenvalue weighted by Crippen LogP contribution is 2.23.